The third-order valence-electron chi connectivity index (χ3n) is 3.77. The highest BCUT2D eigenvalue weighted by atomic mass is 19.1. The van der Waals surface area contributed by atoms with Gasteiger partial charge in [0.2, 0.25) is 0 Å². The van der Waals surface area contributed by atoms with E-state index in [-0.39, 0.29) is 11.6 Å². The van der Waals surface area contributed by atoms with Crippen LogP contribution in [0.15, 0.2) is 24.3 Å². The average Bonchev–Trinajstić information content (AvgIpc) is 2.38. The van der Waals surface area contributed by atoms with E-state index in [1.165, 1.54) is 12.1 Å². The fraction of sp³-hybridized carbons (Fsp3) is 0.500. The fourth-order valence-electron chi connectivity index (χ4n) is 2.69. The van der Waals surface area contributed by atoms with Gasteiger partial charge >= 0.3 is 0 Å². The molecule has 0 unspecified atom stereocenters. The minimum atomic E-state index is -0.452. The van der Waals surface area contributed by atoms with Gasteiger partial charge in [0.25, 0.3) is 0 Å². The molecule has 0 bridgehead atoms. The molecule has 0 saturated heterocycles. The number of carbonyl (C=O) groups excluding carboxylic acids is 1. The van der Waals surface area contributed by atoms with Crippen molar-refractivity contribution >= 4 is 5.78 Å². The van der Waals surface area contributed by atoms with Crippen molar-refractivity contribution in [2.45, 2.75) is 32.1 Å². The highest BCUT2D eigenvalue weighted by molar-refractivity contribution is 6.00. The van der Waals surface area contributed by atoms with E-state index < -0.39 is 5.41 Å². The summed E-state index contributed by atoms with van der Waals surface area (Å²) in [5, 5.41) is 0. The van der Waals surface area contributed by atoms with Gasteiger partial charge < -0.3 is 5.73 Å². The van der Waals surface area contributed by atoms with Crippen molar-refractivity contribution in [3.05, 3.63) is 35.6 Å². The summed E-state index contributed by atoms with van der Waals surface area (Å²) in [6.07, 6.45) is 4.91. The minimum absolute atomic E-state index is 0.0131. The molecule has 17 heavy (non-hydrogen) atoms. The van der Waals surface area contributed by atoms with E-state index in [1.54, 1.807) is 12.1 Å². The average molecular weight is 235 g/mol. The van der Waals surface area contributed by atoms with Crippen LogP contribution in [0, 0.1) is 11.2 Å². The number of rotatable bonds is 3. The zero-order valence-corrected chi connectivity index (χ0v) is 9.92. The Kier molecular flexibility index (Phi) is 3.57. The van der Waals surface area contributed by atoms with E-state index in [9.17, 15) is 9.18 Å². The number of Topliss-reactive ketones (excluding diaryl/α,β-unsaturated/α-hetero) is 1. The van der Waals surface area contributed by atoms with Gasteiger partial charge in [-0.15, -0.1) is 0 Å². The van der Waals surface area contributed by atoms with Crippen LogP contribution in [0.2, 0.25) is 0 Å². The quantitative estimate of drug-likeness (QED) is 0.818. The Morgan fingerprint density at radius 2 is 2.00 bits per heavy atom. The Bertz CT molecular complexity index is 410. The number of benzene rings is 1. The van der Waals surface area contributed by atoms with Crippen molar-refractivity contribution in [1.82, 2.24) is 0 Å². The first-order chi connectivity index (χ1) is 8.18. The summed E-state index contributed by atoms with van der Waals surface area (Å²) in [7, 11) is 0. The molecule has 1 aliphatic rings. The molecule has 0 radical (unpaired) electrons. The zero-order valence-electron chi connectivity index (χ0n) is 9.92. The molecule has 0 amide bonds. The third kappa shape index (κ3) is 2.39. The van der Waals surface area contributed by atoms with Crippen LogP contribution in [-0.2, 0) is 0 Å². The van der Waals surface area contributed by atoms with E-state index in [4.69, 9.17) is 5.73 Å². The van der Waals surface area contributed by atoms with Gasteiger partial charge in [-0.25, -0.2) is 4.39 Å². The lowest BCUT2D eigenvalue weighted by atomic mass is 9.69. The summed E-state index contributed by atoms with van der Waals surface area (Å²) >= 11 is 0. The number of nitrogens with two attached hydrogens (primary N) is 1. The molecule has 1 saturated carbocycles. The van der Waals surface area contributed by atoms with Gasteiger partial charge in [0.1, 0.15) is 5.82 Å². The molecule has 92 valence electrons. The predicted molar refractivity (Wildman–Crippen MR) is 65.3 cm³/mol. The smallest absolute Gasteiger partial charge is 0.170 e. The van der Waals surface area contributed by atoms with Gasteiger partial charge in [-0.1, -0.05) is 31.4 Å². The number of hydrogen-bond acceptors (Lipinski definition) is 2. The molecule has 3 heteroatoms. The Morgan fingerprint density at radius 3 is 2.59 bits per heavy atom. The molecule has 1 fully saturated rings. The topological polar surface area (TPSA) is 43.1 Å². The first-order valence-corrected chi connectivity index (χ1v) is 6.18. The maximum absolute atomic E-state index is 13.1. The molecule has 2 nitrogen and oxygen atoms in total. The Morgan fingerprint density at radius 1 is 1.29 bits per heavy atom. The summed E-state index contributed by atoms with van der Waals surface area (Å²) in [5.41, 5.74) is 5.80. The van der Waals surface area contributed by atoms with Gasteiger partial charge in [0.15, 0.2) is 5.78 Å². The summed E-state index contributed by atoms with van der Waals surface area (Å²) in [4.78, 5) is 12.5. The molecule has 2 N–H and O–H groups in total. The highest BCUT2D eigenvalue weighted by Gasteiger charge is 2.38. The molecule has 0 aromatic heterocycles. The lowest BCUT2D eigenvalue weighted by Crippen LogP contribution is -2.40. The summed E-state index contributed by atoms with van der Waals surface area (Å²) in [5.74, 6) is -0.349. The molecule has 1 aromatic carbocycles. The van der Waals surface area contributed by atoms with Gasteiger partial charge in [-0.05, 0) is 25.0 Å². The minimum Gasteiger partial charge on any atom is -0.329 e. The lowest BCUT2D eigenvalue weighted by Gasteiger charge is -2.34. The van der Waals surface area contributed by atoms with Crippen LogP contribution in [0.5, 0.6) is 0 Å². The molecule has 1 aromatic rings. The summed E-state index contributed by atoms with van der Waals surface area (Å²) in [6.45, 7) is 0.363. The van der Waals surface area contributed by atoms with E-state index >= 15 is 0 Å². The van der Waals surface area contributed by atoms with Crippen molar-refractivity contribution in [2.24, 2.45) is 11.1 Å². The van der Waals surface area contributed by atoms with Crippen molar-refractivity contribution in [1.29, 1.82) is 0 Å². The van der Waals surface area contributed by atoms with Crippen LogP contribution in [0.3, 0.4) is 0 Å². The van der Waals surface area contributed by atoms with E-state index in [0.717, 1.165) is 32.1 Å². The van der Waals surface area contributed by atoms with Crippen molar-refractivity contribution in [3.63, 3.8) is 0 Å². The van der Waals surface area contributed by atoms with Crippen LogP contribution in [0.25, 0.3) is 0 Å². The molecular formula is C14H18FNO. The summed E-state index contributed by atoms with van der Waals surface area (Å²) in [6, 6.07) is 5.92. The van der Waals surface area contributed by atoms with Crippen LogP contribution in [-0.4, -0.2) is 12.3 Å². The molecule has 0 heterocycles. The second-order valence-corrected chi connectivity index (χ2v) is 4.88. The fourth-order valence-corrected chi connectivity index (χ4v) is 2.69. The number of ketones is 1. The molecule has 0 aliphatic heterocycles. The predicted octanol–water partition coefficient (Wildman–Crippen LogP) is 2.92. The SMILES string of the molecule is NCC1(C(=O)c2cccc(F)c2)CCCCC1. The van der Waals surface area contributed by atoms with Crippen molar-refractivity contribution in [3.8, 4) is 0 Å². The van der Waals surface area contributed by atoms with Crippen molar-refractivity contribution < 1.29 is 9.18 Å². The molecule has 0 atom stereocenters. The number of hydrogen-bond donors (Lipinski definition) is 1. The van der Waals surface area contributed by atoms with Gasteiger partial charge in [-0.3, -0.25) is 4.79 Å². The second-order valence-electron chi connectivity index (χ2n) is 4.88. The monoisotopic (exact) mass is 235 g/mol. The zero-order chi connectivity index (χ0) is 12.3. The van der Waals surface area contributed by atoms with E-state index in [2.05, 4.69) is 0 Å². The van der Waals surface area contributed by atoms with Crippen LogP contribution < -0.4 is 5.73 Å². The first-order valence-electron chi connectivity index (χ1n) is 6.18. The Balaban J connectivity index is 2.28. The maximum Gasteiger partial charge on any atom is 0.170 e. The van der Waals surface area contributed by atoms with E-state index in [1.807, 2.05) is 0 Å². The maximum atomic E-state index is 13.1. The largest absolute Gasteiger partial charge is 0.329 e. The van der Waals surface area contributed by atoms with Crippen LogP contribution in [0.1, 0.15) is 42.5 Å². The third-order valence-corrected chi connectivity index (χ3v) is 3.77. The van der Waals surface area contributed by atoms with Crippen LogP contribution >= 0.6 is 0 Å². The first kappa shape index (κ1) is 12.2. The van der Waals surface area contributed by atoms with Gasteiger partial charge in [-0.2, -0.15) is 0 Å². The van der Waals surface area contributed by atoms with Gasteiger partial charge in [0.05, 0.1) is 0 Å². The van der Waals surface area contributed by atoms with E-state index in [0.29, 0.717) is 12.1 Å². The number of halogens is 1. The molecule has 1 aliphatic carbocycles. The van der Waals surface area contributed by atoms with Crippen LogP contribution in [0.4, 0.5) is 4.39 Å². The normalized spacial score (nSPS) is 18.9. The summed E-state index contributed by atoms with van der Waals surface area (Å²) < 4.78 is 13.1. The lowest BCUT2D eigenvalue weighted by molar-refractivity contribution is 0.0729. The van der Waals surface area contributed by atoms with Crippen molar-refractivity contribution in [2.75, 3.05) is 6.54 Å². The Labute approximate surface area is 101 Å². The highest BCUT2D eigenvalue weighted by Crippen LogP contribution is 2.38. The number of carbonyl (C=O) groups is 1. The second kappa shape index (κ2) is 4.96. The Hall–Kier alpha value is -1.22. The molecule has 0 spiro atoms. The molecular weight excluding hydrogens is 217 g/mol. The van der Waals surface area contributed by atoms with Gasteiger partial charge in [0, 0.05) is 17.5 Å². The molecule has 2 rings (SSSR count). The standard InChI is InChI=1S/C14H18FNO/c15-12-6-4-5-11(9-12)13(17)14(10-16)7-2-1-3-8-14/h4-6,9H,1-3,7-8,10,16H2.